The Balaban J connectivity index is 1.86. The van der Waals surface area contributed by atoms with E-state index >= 15 is 0 Å². The van der Waals surface area contributed by atoms with Crippen LogP contribution in [0.4, 0.5) is 8.78 Å². The van der Waals surface area contributed by atoms with Gasteiger partial charge in [0, 0.05) is 11.8 Å². The third-order valence-electron chi connectivity index (χ3n) is 5.16. The van der Waals surface area contributed by atoms with Crippen molar-refractivity contribution in [1.29, 1.82) is 0 Å². The SMILES string of the molecule is CC1(C)C2CC3C(OC(=O)C31)C2OC(=O)C(F)(F)S(=O)(=O)O. The van der Waals surface area contributed by atoms with Crippen LogP contribution in [0.1, 0.15) is 20.3 Å². The maximum absolute atomic E-state index is 13.3. The molecule has 0 radical (unpaired) electrons. The van der Waals surface area contributed by atoms with Gasteiger partial charge >= 0.3 is 27.3 Å². The van der Waals surface area contributed by atoms with Gasteiger partial charge in [-0.3, -0.25) is 9.35 Å². The van der Waals surface area contributed by atoms with Gasteiger partial charge in [-0.2, -0.15) is 17.2 Å². The number of halogens is 2. The molecular formula is C12H14F2O7S. The fraction of sp³-hybridized carbons (Fsp3) is 0.833. The Labute approximate surface area is 124 Å². The lowest BCUT2D eigenvalue weighted by Crippen LogP contribution is -2.48. The van der Waals surface area contributed by atoms with Crippen LogP contribution < -0.4 is 0 Å². The minimum Gasteiger partial charge on any atom is -0.458 e. The molecule has 10 heteroatoms. The van der Waals surface area contributed by atoms with Gasteiger partial charge in [0.2, 0.25) is 0 Å². The maximum atomic E-state index is 13.3. The highest BCUT2D eigenvalue weighted by Crippen LogP contribution is 2.64. The van der Waals surface area contributed by atoms with Gasteiger partial charge in [0.25, 0.3) is 0 Å². The second-order valence-electron chi connectivity index (χ2n) is 6.57. The number of carbonyl (C=O) groups excluding carboxylic acids is 2. The van der Waals surface area contributed by atoms with E-state index in [2.05, 4.69) is 4.74 Å². The molecule has 2 aliphatic carbocycles. The van der Waals surface area contributed by atoms with E-state index in [9.17, 15) is 26.8 Å². The highest BCUT2D eigenvalue weighted by molar-refractivity contribution is 7.87. The van der Waals surface area contributed by atoms with Crippen LogP contribution in [0.2, 0.25) is 0 Å². The molecule has 3 fully saturated rings. The Morgan fingerprint density at radius 3 is 2.59 bits per heavy atom. The van der Waals surface area contributed by atoms with Gasteiger partial charge in [0.15, 0.2) is 0 Å². The fourth-order valence-corrected chi connectivity index (χ4v) is 4.42. The summed E-state index contributed by atoms with van der Waals surface area (Å²) < 4.78 is 66.0. The monoisotopic (exact) mass is 340 g/mol. The number of hydrogen-bond donors (Lipinski definition) is 1. The van der Waals surface area contributed by atoms with Gasteiger partial charge in [0.1, 0.15) is 12.2 Å². The average Bonchev–Trinajstić information content (AvgIpc) is 2.90. The molecule has 2 bridgehead atoms. The Morgan fingerprint density at radius 2 is 2.05 bits per heavy atom. The maximum Gasteiger partial charge on any atom is 0.465 e. The van der Waals surface area contributed by atoms with Crippen LogP contribution in [0.5, 0.6) is 0 Å². The quantitative estimate of drug-likeness (QED) is 0.592. The first-order valence-corrected chi connectivity index (χ1v) is 8.09. The molecule has 0 spiro atoms. The normalized spacial score (nSPS) is 39.0. The van der Waals surface area contributed by atoms with E-state index in [1.165, 1.54) is 0 Å². The second-order valence-corrected chi connectivity index (χ2v) is 8.03. The van der Waals surface area contributed by atoms with Gasteiger partial charge in [-0.05, 0) is 11.8 Å². The standard InChI is InChI=1S/C12H14F2O7S/c1-11(2)5-3-4-6(11)9(15)20-7(4)8(5)21-10(16)12(13,14)22(17,18)19/h4-8H,3H2,1-2H3,(H,17,18,19). The summed E-state index contributed by atoms with van der Waals surface area (Å²) in [5, 5.41) is -5.05. The van der Waals surface area contributed by atoms with Gasteiger partial charge in [-0.25, -0.2) is 4.79 Å². The van der Waals surface area contributed by atoms with Crippen molar-refractivity contribution in [3.05, 3.63) is 0 Å². The smallest absolute Gasteiger partial charge is 0.458 e. The van der Waals surface area contributed by atoms with E-state index in [4.69, 9.17) is 9.29 Å². The predicted molar refractivity (Wildman–Crippen MR) is 65.1 cm³/mol. The van der Waals surface area contributed by atoms with E-state index in [1.807, 2.05) is 0 Å². The molecular weight excluding hydrogens is 326 g/mol. The van der Waals surface area contributed by atoms with Crippen LogP contribution >= 0.6 is 0 Å². The number of rotatable bonds is 3. The highest BCUT2D eigenvalue weighted by Gasteiger charge is 2.72. The topological polar surface area (TPSA) is 107 Å². The Hall–Kier alpha value is -1.29. The molecule has 0 aromatic carbocycles. The van der Waals surface area contributed by atoms with Crippen molar-refractivity contribution >= 4 is 22.1 Å². The van der Waals surface area contributed by atoms with Gasteiger partial charge in [-0.1, -0.05) is 13.8 Å². The summed E-state index contributed by atoms with van der Waals surface area (Å²) in [7, 11) is -5.93. The summed E-state index contributed by atoms with van der Waals surface area (Å²) in [5.74, 6) is -3.81. The molecule has 3 aliphatic rings. The molecule has 0 amide bonds. The molecule has 5 atom stereocenters. The van der Waals surface area contributed by atoms with E-state index in [1.54, 1.807) is 13.8 Å². The van der Waals surface area contributed by atoms with Crippen LogP contribution in [-0.4, -0.2) is 42.4 Å². The minimum atomic E-state index is -5.93. The third kappa shape index (κ3) is 1.76. The molecule has 1 aliphatic heterocycles. The third-order valence-corrected chi connectivity index (χ3v) is 5.98. The van der Waals surface area contributed by atoms with E-state index < -0.39 is 44.9 Å². The first kappa shape index (κ1) is 15.6. The summed E-state index contributed by atoms with van der Waals surface area (Å²) in [6.07, 6.45) is -1.50. The van der Waals surface area contributed by atoms with Gasteiger partial charge in [-0.15, -0.1) is 0 Å². The predicted octanol–water partition coefficient (Wildman–Crippen LogP) is 0.596. The fourth-order valence-electron chi connectivity index (χ4n) is 4.16. The molecule has 3 rings (SSSR count). The Kier molecular flexibility index (Phi) is 2.95. The molecule has 1 N–H and O–H groups in total. The van der Waals surface area contributed by atoms with Crippen LogP contribution in [0.25, 0.3) is 0 Å². The van der Waals surface area contributed by atoms with Crippen LogP contribution in [0.3, 0.4) is 0 Å². The summed E-state index contributed by atoms with van der Waals surface area (Å²) in [5.41, 5.74) is -0.604. The van der Waals surface area contributed by atoms with Crippen LogP contribution in [-0.2, 0) is 29.2 Å². The molecule has 5 unspecified atom stereocenters. The zero-order chi connectivity index (χ0) is 16.7. The van der Waals surface area contributed by atoms with Crippen molar-refractivity contribution in [3.63, 3.8) is 0 Å². The molecule has 0 aromatic rings. The molecule has 1 heterocycles. The zero-order valence-electron chi connectivity index (χ0n) is 11.7. The molecule has 1 saturated heterocycles. The lowest BCUT2D eigenvalue weighted by molar-refractivity contribution is -0.178. The Bertz CT molecular complexity index is 656. The van der Waals surface area contributed by atoms with Crippen molar-refractivity contribution in [2.24, 2.45) is 23.2 Å². The van der Waals surface area contributed by atoms with E-state index in [0.29, 0.717) is 6.42 Å². The average molecular weight is 340 g/mol. The molecule has 22 heavy (non-hydrogen) atoms. The highest BCUT2D eigenvalue weighted by atomic mass is 32.2. The number of esters is 2. The number of ether oxygens (including phenoxy) is 2. The molecule has 0 aromatic heterocycles. The minimum absolute atomic E-state index is 0.232. The summed E-state index contributed by atoms with van der Waals surface area (Å²) in [4.78, 5) is 23.3. The first-order valence-electron chi connectivity index (χ1n) is 6.65. The summed E-state index contributed by atoms with van der Waals surface area (Å²) in [6, 6.07) is 0. The Morgan fingerprint density at radius 1 is 1.45 bits per heavy atom. The van der Waals surface area contributed by atoms with Gasteiger partial charge < -0.3 is 9.47 Å². The van der Waals surface area contributed by atoms with E-state index in [-0.39, 0.29) is 17.8 Å². The summed E-state index contributed by atoms with van der Waals surface area (Å²) in [6.45, 7) is 3.51. The lowest BCUT2D eigenvalue weighted by Gasteiger charge is -2.37. The molecule has 124 valence electrons. The van der Waals surface area contributed by atoms with Crippen molar-refractivity contribution < 1.29 is 40.8 Å². The van der Waals surface area contributed by atoms with Crippen molar-refractivity contribution in [2.75, 3.05) is 0 Å². The molecule has 7 nitrogen and oxygen atoms in total. The van der Waals surface area contributed by atoms with E-state index in [0.717, 1.165) is 0 Å². The zero-order valence-corrected chi connectivity index (χ0v) is 12.5. The number of carbonyl (C=O) groups is 2. The number of hydrogen-bond acceptors (Lipinski definition) is 6. The van der Waals surface area contributed by atoms with Crippen molar-refractivity contribution in [1.82, 2.24) is 0 Å². The number of alkyl halides is 2. The molecule has 2 saturated carbocycles. The summed E-state index contributed by atoms with van der Waals surface area (Å²) >= 11 is 0. The van der Waals surface area contributed by atoms with Gasteiger partial charge in [0.05, 0.1) is 5.92 Å². The number of fused-ring (bicyclic) bond motifs is 1. The first-order chi connectivity index (χ1) is 9.89. The lowest BCUT2D eigenvalue weighted by atomic mass is 9.68. The van der Waals surface area contributed by atoms with Crippen molar-refractivity contribution in [2.45, 2.75) is 37.7 Å². The van der Waals surface area contributed by atoms with Crippen molar-refractivity contribution in [3.8, 4) is 0 Å². The van der Waals surface area contributed by atoms with Crippen LogP contribution in [0, 0.1) is 23.2 Å². The second kappa shape index (κ2) is 4.16. The largest absolute Gasteiger partial charge is 0.465 e. The van der Waals surface area contributed by atoms with Crippen LogP contribution in [0.15, 0.2) is 0 Å².